The van der Waals surface area contributed by atoms with Crippen LogP contribution in [0.4, 0.5) is 13.2 Å². The first-order chi connectivity index (χ1) is 7.86. The van der Waals surface area contributed by atoms with Crippen molar-refractivity contribution < 1.29 is 18.3 Å². The molecule has 6 heteroatoms. The van der Waals surface area contributed by atoms with Gasteiger partial charge >= 0.3 is 5.51 Å². The third-order valence-electron chi connectivity index (χ3n) is 2.57. The molecule has 1 aromatic rings. The van der Waals surface area contributed by atoms with Crippen LogP contribution >= 0.6 is 11.8 Å². The summed E-state index contributed by atoms with van der Waals surface area (Å²) >= 11 is -0.131. The molecule has 0 atom stereocenters. The van der Waals surface area contributed by atoms with Gasteiger partial charge in [-0.05, 0) is 29.5 Å². The first-order valence-electron chi connectivity index (χ1n) is 5.14. The Labute approximate surface area is 101 Å². The summed E-state index contributed by atoms with van der Waals surface area (Å²) in [5.41, 5.74) is -4.35. The van der Waals surface area contributed by atoms with E-state index in [9.17, 15) is 18.3 Å². The number of thioether (sulfide) groups is 1. The highest BCUT2D eigenvalue weighted by Crippen LogP contribution is 2.37. The van der Waals surface area contributed by atoms with Crippen molar-refractivity contribution >= 4 is 11.8 Å². The molecule has 1 saturated heterocycles. The molecular weight excluding hydrogens is 251 g/mol. The minimum absolute atomic E-state index is 0.131. The Morgan fingerprint density at radius 1 is 1.35 bits per heavy atom. The number of alkyl halides is 3. The predicted molar refractivity (Wildman–Crippen MR) is 59.9 cm³/mol. The molecule has 1 aromatic carbocycles. The van der Waals surface area contributed by atoms with Crippen LogP contribution in [-0.2, 0) is 6.42 Å². The Morgan fingerprint density at radius 3 is 2.59 bits per heavy atom. The van der Waals surface area contributed by atoms with Gasteiger partial charge in [-0.15, -0.1) is 0 Å². The van der Waals surface area contributed by atoms with Gasteiger partial charge in [0.2, 0.25) is 0 Å². The Kier molecular flexibility index (Phi) is 3.38. The van der Waals surface area contributed by atoms with Gasteiger partial charge in [0.1, 0.15) is 0 Å². The highest BCUT2D eigenvalue weighted by atomic mass is 32.2. The molecule has 0 amide bonds. The summed E-state index contributed by atoms with van der Waals surface area (Å²) in [4.78, 5) is 0.158. The Hall–Kier alpha value is -0.720. The molecule has 1 heterocycles. The summed E-state index contributed by atoms with van der Waals surface area (Å²) in [6.45, 7) is 0.979. The summed E-state index contributed by atoms with van der Waals surface area (Å²) in [6.07, 6.45) is 0.381. The molecule has 2 nitrogen and oxygen atoms in total. The second-order valence-electron chi connectivity index (χ2n) is 4.20. The fraction of sp³-hybridized carbons (Fsp3) is 0.455. The summed E-state index contributed by atoms with van der Waals surface area (Å²) in [7, 11) is 0. The average molecular weight is 263 g/mol. The van der Waals surface area contributed by atoms with E-state index in [1.54, 1.807) is 12.1 Å². The van der Waals surface area contributed by atoms with Crippen LogP contribution in [-0.4, -0.2) is 29.3 Å². The smallest absolute Gasteiger partial charge is 0.387 e. The van der Waals surface area contributed by atoms with Gasteiger partial charge in [0.25, 0.3) is 0 Å². The van der Waals surface area contributed by atoms with Gasteiger partial charge in [-0.3, -0.25) is 0 Å². The Morgan fingerprint density at radius 2 is 2.06 bits per heavy atom. The van der Waals surface area contributed by atoms with E-state index in [-0.39, 0.29) is 16.7 Å². The lowest BCUT2D eigenvalue weighted by atomic mass is 9.89. The predicted octanol–water partition coefficient (Wildman–Crippen LogP) is 2.18. The van der Waals surface area contributed by atoms with Crippen molar-refractivity contribution in [3.05, 3.63) is 29.8 Å². The van der Waals surface area contributed by atoms with Crippen LogP contribution in [0.3, 0.4) is 0 Å². The van der Waals surface area contributed by atoms with Crippen LogP contribution in [0.2, 0.25) is 0 Å². The normalized spacial score (nSPS) is 18.8. The summed E-state index contributed by atoms with van der Waals surface area (Å²) in [5.74, 6) is 0. The number of halogens is 3. The molecule has 0 aromatic heterocycles. The maximum Gasteiger partial charge on any atom is 0.446 e. The van der Waals surface area contributed by atoms with E-state index in [4.69, 9.17) is 0 Å². The van der Waals surface area contributed by atoms with Crippen molar-refractivity contribution in [2.24, 2.45) is 0 Å². The Balaban J connectivity index is 2.06. The van der Waals surface area contributed by atoms with Crippen LogP contribution in [0.15, 0.2) is 29.2 Å². The van der Waals surface area contributed by atoms with Crippen LogP contribution < -0.4 is 5.32 Å². The summed E-state index contributed by atoms with van der Waals surface area (Å²) < 4.78 is 36.6. The second kappa shape index (κ2) is 4.51. The van der Waals surface area contributed by atoms with Gasteiger partial charge in [0, 0.05) is 24.4 Å². The quantitative estimate of drug-likeness (QED) is 0.820. The summed E-state index contributed by atoms with van der Waals surface area (Å²) in [5, 5.41) is 12.8. The highest BCUT2D eigenvalue weighted by molar-refractivity contribution is 8.00. The molecule has 2 N–H and O–H groups in total. The molecular formula is C11H12F3NOS. The van der Waals surface area contributed by atoms with Crippen LogP contribution in [0.25, 0.3) is 0 Å². The molecule has 94 valence electrons. The van der Waals surface area contributed by atoms with E-state index < -0.39 is 11.1 Å². The van der Waals surface area contributed by atoms with Crippen molar-refractivity contribution in [1.82, 2.24) is 5.32 Å². The molecule has 17 heavy (non-hydrogen) atoms. The largest absolute Gasteiger partial charge is 0.446 e. The fourth-order valence-corrected chi connectivity index (χ4v) is 2.40. The number of hydrogen-bond donors (Lipinski definition) is 2. The molecule has 0 saturated carbocycles. The molecule has 2 rings (SSSR count). The third kappa shape index (κ3) is 3.62. The number of aliphatic hydroxyl groups is 1. The zero-order chi connectivity index (χ0) is 12.5. The van der Waals surface area contributed by atoms with Gasteiger partial charge in [-0.2, -0.15) is 13.2 Å². The monoisotopic (exact) mass is 263 g/mol. The molecule has 0 aliphatic carbocycles. The van der Waals surface area contributed by atoms with Gasteiger partial charge in [-0.25, -0.2) is 0 Å². The van der Waals surface area contributed by atoms with Gasteiger partial charge in [-0.1, -0.05) is 12.1 Å². The van der Waals surface area contributed by atoms with Crippen LogP contribution in [0.1, 0.15) is 5.56 Å². The maximum atomic E-state index is 12.2. The lowest BCUT2D eigenvalue weighted by Crippen LogP contribution is -2.60. The van der Waals surface area contributed by atoms with Crippen molar-refractivity contribution in [2.75, 3.05) is 13.1 Å². The van der Waals surface area contributed by atoms with Crippen molar-refractivity contribution in [3.8, 4) is 0 Å². The van der Waals surface area contributed by atoms with Gasteiger partial charge in [0.05, 0.1) is 5.60 Å². The van der Waals surface area contributed by atoms with Gasteiger partial charge in [0.15, 0.2) is 0 Å². The van der Waals surface area contributed by atoms with Gasteiger partial charge < -0.3 is 10.4 Å². The number of rotatable bonds is 3. The van der Waals surface area contributed by atoms with Crippen LogP contribution in [0, 0.1) is 0 Å². The number of hydrogen-bond acceptors (Lipinski definition) is 3. The van der Waals surface area contributed by atoms with Crippen LogP contribution in [0.5, 0.6) is 0 Å². The molecule has 0 radical (unpaired) electrons. The second-order valence-corrected chi connectivity index (χ2v) is 5.34. The van der Waals surface area contributed by atoms with E-state index in [0.29, 0.717) is 19.5 Å². The van der Waals surface area contributed by atoms with Crippen molar-refractivity contribution in [3.63, 3.8) is 0 Å². The third-order valence-corrected chi connectivity index (χ3v) is 3.29. The first kappa shape index (κ1) is 12.7. The molecule has 1 aliphatic heterocycles. The van der Waals surface area contributed by atoms with E-state index >= 15 is 0 Å². The summed E-state index contributed by atoms with van der Waals surface area (Å²) in [6, 6.07) is 6.22. The van der Waals surface area contributed by atoms with E-state index in [1.807, 2.05) is 0 Å². The molecule has 0 unspecified atom stereocenters. The fourth-order valence-electron chi connectivity index (χ4n) is 1.77. The number of benzene rings is 1. The molecule has 1 aliphatic rings. The molecule has 0 spiro atoms. The van der Waals surface area contributed by atoms with E-state index in [1.165, 1.54) is 12.1 Å². The molecule has 0 bridgehead atoms. The number of β-amino-alcohol motifs (C(OH)–C–C–N with tert-alkyl or cyclic N) is 1. The van der Waals surface area contributed by atoms with E-state index in [0.717, 1.165) is 5.56 Å². The zero-order valence-electron chi connectivity index (χ0n) is 8.92. The SMILES string of the molecule is OC1(Cc2cccc(SC(F)(F)F)c2)CNC1. The lowest BCUT2D eigenvalue weighted by molar-refractivity contribution is -0.0328. The lowest BCUT2D eigenvalue weighted by Gasteiger charge is -2.37. The minimum Gasteiger partial charge on any atom is -0.387 e. The number of nitrogens with one attached hydrogen (secondary N) is 1. The van der Waals surface area contributed by atoms with E-state index in [2.05, 4.69) is 5.32 Å². The average Bonchev–Trinajstić information content (AvgIpc) is 2.13. The zero-order valence-corrected chi connectivity index (χ0v) is 9.74. The maximum absolute atomic E-state index is 12.2. The standard InChI is InChI=1S/C11H12F3NOS/c12-11(13,14)17-9-3-1-2-8(4-9)5-10(16)6-15-7-10/h1-4,15-16H,5-7H2. The first-order valence-corrected chi connectivity index (χ1v) is 5.96. The highest BCUT2D eigenvalue weighted by Gasteiger charge is 2.34. The minimum atomic E-state index is -4.27. The molecule has 1 fully saturated rings. The van der Waals surface area contributed by atoms with Crippen molar-refractivity contribution in [1.29, 1.82) is 0 Å². The Bertz CT molecular complexity index is 404. The van der Waals surface area contributed by atoms with Crippen molar-refractivity contribution in [2.45, 2.75) is 22.4 Å². The topological polar surface area (TPSA) is 32.3 Å².